The van der Waals surface area contributed by atoms with Crippen LogP contribution in [0.25, 0.3) is 0 Å². The van der Waals surface area contributed by atoms with E-state index in [1.165, 1.54) is 7.11 Å². The molecule has 10 nitrogen and oxygen atoms in total. The van der Waals surface area contributed by atoms with Crippen LogP contribution in [-0.2, 0) is 16.2 Å². The van der Waals surface area contributed by atoms with E-state index in [0.29, 0.717) is 52.4 Å². The molecule has 0 fully saturated rings. The number of rotatable bonds is 8. The van der Waals surface area contributed by atoms with Gasteiger partial charge in [0, 0.05) is 58.8 Å². The van der Waals surface area contributed by atoms with Crippen molar-refractivity contribution in [2.24, 2.45) is 5.41 Å². The molecule has 0 saturated heterocycles. The zero-order valence-electron chi connectivity index (χ0n) is 25.1. The number of nitrogens with one attached hydrogen (secondary N) is 2. The van der Waals surface area contributed by atoms with Gasteiger partial charge in [-0.2, -0.15) is 0 Å². The highest BCUT2D eigenvalue weighted by atomic mass is 19.1. The van der Waals surface area contributed by atoms with E-state index in [0.717, 1.165) is 29.5 Å². The van der Waals surface area contributed by atoms with Gasteiger partial charge in [-0.3, -0.25) is 19.7 Å². The van der Waals surface area contributed by atoms with Crippen molar-refractivity contribution in [3.05, 3.63) is 110 Å². The summed E-state index contributed by atoms with van der Waals surface area (Å²) < 4.78 is 25.2. The Kier molecular flexibility index (Phi) is 8.23. The number of anilines is 1. The van der Waals surface area contributed by atoms with E-state index in [2.05, 4.69) is 15.6 Å². The number of nitrogens with zero attached hydrogens (tertiary/aromatic N) is 2. The Morgan fingerprint density at radius 3 is 2.59 bits per heavy atom. The quantitative estimate of drug-likeness (QED) is 0.228. The summed E-state index contributed by atoms with van der Waals surface area (Å²) in [5, 5.41) is 17.7. The van der Waals surface area contributed by atoms with Crippen molar-refractivity contribution >= 4 is 23.2 Å². The van der Waals surface area contributed by atoms with Crippen LogP contribution in [0.15, 0.2) is 77.3 Å². The first-order valence-electron chi connectivity index (χ1n) is 14.1. The highest BCUT2D eigenvalue weighted by Crippen LogP contribution is 2.47. The molecule has 1 atom stereocenters. The molecule has 1 aromatic heterocycles. The fraction of sp³-hybridized carbons (Fsp3) is 0.303. The lowest BCUT2D eigenvalue weighted by atomic mass is 9.68. The molecule has 2 aromatic carbocycles. The van der Waals surface area contributed by atoms with Crippen molar-refractivity contribution in [3.63, 3.8) is 0 Å². The van der Waals surface area contributed by atoms with Crippen molar-refractivity contribution in [3.8, 4) is 11.5 Å². The average Bonchev–Trinajstić information content (AvgIpc) is 2.95. The Labute approximate surface area is 254 Å². The summed E-state index contributed by atoms with van der Waals surface area (Å²) in [4.78, 5) is 42.8. The van der Waals surface area contributed by atoms with Crippen LogP contribution >= 0.6 is 0 Å². The SMILES string of the molecule is COc1ccc(C2C(C(=O)Nc3ccc(C)cn3)=C(C)NC3=C2C(=O)CC(C)(C)C3)cc1COc1cc(F)ccc1[N+](=O)[O-]. The molecular weight excluding hydrogens is 567 g/mol. The Hall–Kier alpha value is -5.06. The number of Topliss-reactive ketones (excluding diaryl/α,β-unsaturated/α-hetero) is 1. The number of nitro groups is 1. The van der Waals surface area contributed by atoms with E-state index in [1.807, 2.05) is 26.8 Å². The van der Waals surface area contributed by atoms with E-state index in [1.54, 1.807) is 37.4 Å². The first-order chi connectivity index (χ1) is 20.9. The number of amides is 1. The van der Waals surface area contributed by atoms with Crippen molar-refractivity contribution < 1.29 is 28.4 Å². The monoisotopic (exact) mass is 600 g/mol. The van der Waals surface area contributed by atoms with Crippen molar-refractivity contribution in [1.29, 1.82) is 0 Å². The first-order valence-corrected chi connectivity index (χ1v) is 14.1. The van der Waals surface area contributed by atoms with Gasteiger partial charge in [-0.25, -0.2) is 9.37 Å². The van der Waals surface area contributed by atoms with Crippen molar-refractivity contribution in [1.82, 2.24) is 10.3 Å². The van der Waals surface area contributed by atoms with E-state index in [4.69, 9.17) is 9.47 Å². The third-order valence-electron chi connectivity index (χ3n) is 7.78. The maximum absolute atomic E-state index is 14.0. The Bertz CT molecular complexity index is 1730. The number of benzene rings is 2. The zero-order chi connectivity index (χ0) is 31.8. The standard InChI is InChI=1S/C33H33FN4O6/c1-18-6-11-28(35-16-18)37-32(40)29-19(2)36-23-14-33(3,4)15-25(39)31(23)30(29)20-7-10-26(43-5)21(12-20)17-44-27-13-22(34)8-9-24(27)38(41)42/h6-13,16,30,36H,14-15,17H2,1-5H3,(H,35,37,40). The van der Waals surface area contributed by atoms with Gasteiger partial charge in [0.25, 0.3) is 5.91 Å². The van der Waals surface area contributed by atoms with Gasteiger partial charge < -0.3 is 20.1 Å². The number of pyridine rings is 1. The molecule has 2 heterocycles. The number of carbonyl (C=O) groups excluding carboxylic acids is 2. The summed E-state index contributed by atoms with van der Waals surface area (Å²) in [6.45, 7) is 7.57. The number of hydrogen-bond acceptors (Lipinski definition) is 8. The molecule has 3 aromatic rings. The number of allylic oxidation sites excluding steroid dienone is 3. The lowest BCUT2D eigenvalue weighted by Gasteiger charge is -2.39. The summed E-state index contributed by atoms with van der Waals surface area (Å²) in [5.41, 5.74) is 3.65. The Balaban J connectivity index is 1.58. The molecule has 0 saturated carbocycles. The van der Waals surface area contributed by atoms with Gasteiger partial charge in [0.1, 0.15) is 24.0 Å². The third-order valence-corrected chi connectivity index (χ3v) is 7.78. The minimum Gasteiger partial charge on any atom is -0.496 e. The molecule has 44 heavy (non-hydrogen) atoms. The van der Waals surface area contributed by atoms with Crippen LogP contribution in [0.2, 0.25) is 0 Å². The molecule has 2 aliphatic rings. The minimum absolute atomic E-state index is 0.0657. The van der Waals surface area contributed by atoms with Gasteiger partial charge >= 0.3 is 5.69 Å². The number of carbonyl (C=O) groups is 2. The summed E-state index contributed by atoms with van der Waals surface area (Å²) in [5.74, 6) is -1.33. The second kappa shape index (κ2) is 11.9. The molecule has 0 spiro atoms. The fourth-order valence-electron chi connectivity index (χ4n) is 5.80. The van der Waals surface area contributed by atoms with E-state index in [-0.39, 0.29) is 29.2 Å². The summed E-state index contributed by atoms with van der Waals surface area (Å²) in [6.07, 6.45) is 2.58. The number of aryl methyl sites for hydroxylation is 1. The van der Waals surface area contributed by atoms with Crippen LogP contribution in [0, 0.1) is 28.3 Å². The molecule has 0 bridgehead atoms. The van der Waals surface area contributed by atoms with Gasteiger partial charge in [0.2, 0.25) is 0 Å². The third kappa shape index (κ3) is 6.17. The highest BCUT2D eigenvalue weighted by Gasteiger charge is 2.43. The van der Waals surface area contributed by atoms with Crippen LogP contribution in [0.3, 0.4) is 0 Å². The minimum atomic E-state index is -0.728. The predicted octanol–water partition coefficient (Wildman–Crippen LogP) is 6.27. The van der Waals surface area contributed by atoms with Gasteiger partial charge in [-0.15, -0.1) is 0 Å². The van der Waals surface area contributed by atoms with Crippen LogP contribution in [0.5, 0.6) is 11.5 Å². The number of nitro benzene ring substituents is 1. The van der Waals surface area contributed by atoms with Gasteiger partial charge in [-0.05, 0) is 61.1 Å². The summed E-state index contributed by atoms with van der Waals surface area (Å²) >= 11 is 0. The van der Waals surface area contributed by atoms with Crippen LogP contribution in [-0.4, -0.2) is 28.7 Å². The number of methoxy groups -OCH3 is 1. The second-order valence-corrected chi connectivity index (χ2v) is 11.8. The lowest BCUT2D eigenvalue weighted by Crippen LogP contribution is -2.39. The topological polar surface area (TPSA) is 133 Å². The van der Waals surface area contributed by atoms with Crippen LogP contribution in [0.4, 0.5) is 15.9 Å². The maximum Gasteiger partial charge on any atom is 0.311 e. The number of halogens is 1. The smallest absolute Gasteiger partial charge is 0.311 e. The number of hydrogen-bond donors (Lipinski definition) is 2. The molecule has 1 unspecified atom stereocenters. The van der Waals surface area contributed by atoms with Gasteiger partial charge in [-0.1, -0.05) is 26.0 Å². The van der Waals surface area contributed by atoms with Gasteiger partial charge in [0.15, 0.2) is 11.5 Å². The Morgan fingerprint density at radius 1 is 1.14 bits per heavy atom. The first kappa shape index (κ1) is 30.4. The predicted molar refractivity (Wildman–Crippen MR) is 162 cm³/mol. The molecule has 1 amide bonds. The zero-order valence-corrected chi connectivity index (χ0v) is 25.1. The highest BCUT2D eigenvalue weighted by molar-refractivity contribution is 6.09. The molecule has 1 aliphatic carbocycles. The summed E-state index contributed by atoms with van der Waals surface area (Å²) in [6, 6.07) is 11.8. The number of aromatic nitrogens is 1. The fourth-order valence-corrected chi connectivity index (χ4v) is 5.80. The molecule has 228 valence electrons. The second-order valence-electron chi connectivity index (χ2n) is 11.8. The molecule has 5 rings (SSSR count). The number of ether oxygens (including phenoxy) is 2. The van der Waals surface area contributed by atoms with Crippen LogP contribution < -0.4 is 20.1 Å². The van der Waals surface area contributed by atoms with Crippen molar-refractivity contribution in [2.45, 2.75) is 53.1 Å². The Morgan fingerprint density at radius 2 is 1.91 bits per heavy atom. The molecular formula is C33H33FN4O6. The van der Waals surface area contributed by atoms with Gasteiger partial charge in [0.05, 0.1) is 12.0 Å². The van der Waals surface area contributed by atoms with Crippen molar-refractivity contribution in [2.75, 3.05) is 12.4 Å². The number of ketones is 1. The molecule has 1 aliphatic heterocycles. The molecule has 2 N–H and O–H groups in total. The maximum atomic E-state index is 14.0. The lowest BCUT2D eigenvalue weighted by molar-refractivity contribution is -0.386. The van der Waals surface area contributed by atoms with Crippen LogP contribution in [0.1, 0.15) is 56.2 Å². The largest absolute Gasteiger partial charge is 0.496 e. The average molecular weight is 601 g/mol. The molecule has 11 heteroatoms. The van der Waals surface area contributed by atoms with E-state index >= 15 is 0 Å². The van der Waals surface area contributed by atoms with E-state index in [9.17, 15) is 24.1 Å². The summed E-state index contributed by atoms with van der Waals surface area (Å²) in [7, 11) is 1.47. The molecule has 0 radical (unpaired) electrons. The normalized spacial score (nSPS) is 17.5. The van der Waals surface area contributed by atoms with E-state index < -0.39 is 22.6 Å². The number of dihydropyridines is 1.